The van der Waals surface area contributed by atoms with Gasteiger partial charge in [-0.25, -0.2) is 0 Å². The van der Waals surface area contributed by atoms with Crippen LogP contribution in [0.25, 0.3) is 0 Å². The Morgan fingerprint density at radius 2 is 2.44 bits per heavy atom. The predicted molar refractivity (Wildman–Crippen MR) is 72.1 cm³/mol. The van der Waals surface area contributed by atoms with Gasteiger partial charge in [0.25, 0.3) is 0 Å². The van der Waals surface area contributed by atoms with Crippen LogP contribution in [0.5, 0.6) is 0 Å². The average molecular weight is 248 g/mol. The molecule has 1 aromatic rings. The van der Waals surface area contributed by atoms with E-state index in [2.05, 4.69) is 9.88 Å². The van der Waals surface area contributed by atoms with E-state index < -0.39 is 0 Å². The zero-order chi connectivity index (χ0) is 13.0. The van der Waals surface area contributed by atoms with Crippen molar-refractivity contribution in [3.63, 3.8) is 0 Å². The number of nitrogens with two attached hydrogens (primary N) is 1. The summed E-state index contributed by atoms with van der Waals surface area (Å²) in [5.41, 5.74) is 7.02. The largest absolute Gasteiger partial charge is 0.384 e. The molecule has 0 spiro atoms. The van der Waals surface area contributed by atoms with Gasteiger partial charge in [-0.15, -0.1) is 0 Å². The van der Waals surface area contributed by atoms with Crippen molar-refractivity contribution < 1.29 is 4.74 Å². The molecule has 0 amide bonds. The number of ether oxygens (including phenoxy) is 1. The van der Waals surface area contributed by atoms with Gasteiger partial charge in [-0.3, -0.25) is 10.4 Å². The second kappa shape index (κ2) is 5.82. The van der Waals surface area contributed by atoms with Gasteiger partial charge < -0.3 is 15.4 Å². The number of hydrogen-bond acceptors (Lipinski definition) is 4. The van der Waals surface area contributed by atoms with Gasteiger partial charge in [-0.05, 0) is 30.9 Å². The van der Waals surface area contributed by atoms with Gasteiger partial charge in [-0.2, -0.15) is 0 Å². The minimum absolute atomic E-state index is 0.0115. The molecule has 0 aliphatic carbocycles. The Morgan fingerprint density at radius 1 is 1.61 bits per heavy atom. The Hall–Kier alpha value is -1.62. The number of amidine groups is 1. The number of nitrogens with zero attached hydrogens (tertiary/aromatic N) is 2. The van der Waals surface area contributed by atoms with Gasteiger partial charge in [-0.1, -0.05) is 0 Å². The molecule has 0 radical (unpaired) electrons. The lowest BCUT2D eigenvalue weighted by atomic mass is 9.98. The fourth-order valence-electron chi connectivity index (χ4n) is 2.40. The van der Waals surface area contributed by atoms with Crippen LogP contribution in [0.3, 0.4) is 0 Å². The van der Waals surface area contributed by atoms with Crippen molar-refractivity contribution in [2.75, 3.05) is 31.7 Å². The monoisotopic (exact) mass is 248 g/mol. The summed E-state index contributed by atoms with van der Waals surface area (Å²) < 4.78 is 5.23. The molecule has 1 fully saturated rings. The first kappa shape index (κ1) is 12.8. The summed E-state index contributed by atoms with van der Waals surface area (Å²) in [5, 5.41) is 7.32. The highest BCUT2D eigenvalue weighted by molar-refractivity contribution is 5.93. The minimum Gasteiger partial charge on any atom is -0.384 e. The molecule has 5 heteroatoms. The number of rotatable bonds is 4. The van der Waals surface area contributed by atoms with Gasteiger partial charge in [0.1, 0.15) is 11.5 Å². The molecule has 18 heavy (non-hydrogen) atoms. The molecule has 1 unspecified atom stereocenters. The Kier molecular flexibility index (Phi) is 4.15. The van der Waals surface area contributed by atoms with Crippen molar-refractivity contribution in [1.82, 2.24) is 4.98 Å². The minimum atomic E-state index is 0.0115. The van der Waals surface area contributed by atoms with Crippen molar-refractivity contribution >= 4 is 11.5 Å². The van der Waals surface area contributed by atoms with Crippen LogP contribution in [-0.4, -0.2) is 37.6 Å². The molecular weight excluding hydrogens is 228 g/mol. The van der Waals surface area contributed by atoms with E-state index >= 15 is 0 Å². The van der Waals surface area contributed by atoms with Crippen molar-refractivity contribution in [2.24, 2.45) is 11.7 Å². The van der Waals surface area contributed by atoms with E-state index in [1.165, 1.54) is 12.8 Å². The average Bonchev–Trinajstić information content (AvgIpc) is 2.39. The van der Waals surface area contributed by atoms with Crippen LogP contribution < -0.4 is 10.6 Å². The molecule has 0 saturated carbocycles. The number of hydrogen-bond donors (Lipinski definition) is 2. The van der Waals surface area contributed by atoms with Crippen molar-refractivity contribution in [1.29, 1.82) is 5.41 Å². The Bertz CT molecular complexity index is 402. The zero-order valence-electron chi connectivity index (χ0n) is 10.7. The van der Waals surface area contributed by atoms with Gasteiger partial charge in [0.05, 0.1) is 18.5 Å². The van der Waals surface area contributed by atoms with E-state index in [1.54, 1.807) is 19.4 Å². The fraction of sp³-hybridized carbons (Fsp3) is 0.538. The summed E-state index contributed by atoms with van der Waals surface area (Å²) in [4.78, 5) is 6.53. The van der Waals surface area contributed by atoms with Crippen molar-refractivity contribution in [3.05, 3.63) is 24.0 Å². The smallest absolute Gasteiger partial charge is 0.141 e. The number of anilines is 1. The van der Waals surface area contributed by atoms with Gasteiger partial charge >= 0.3 is 0 Å². The highest BCUT2D eigenvalue weighted by Crippen LogP contribution is 2.22. The fourth-order valence-corrected chi connectivity index (χ4v) is 2.40. The number of aromatic nitrogens is 1. The molecule has 2 heterocycles. The van der Waals surface area contributed by atoms with Crippen LogP contribution in [0.4, 0.5) is 5.69 Å². The van der Waals surface area contributed by atoms with Crippen LogP contribution in [0.1, 0.15) is 18.5 Å². The topological polar surface area (TPSA) is 75.2 Å². The second-order valence-corrected chi connectivity index (χ2v) is 4.72. The Balaban J connectivity index is 2.04. The first-order valence-electron chi connectivity index (χ1n) is 6.25. The lowest BCUT2D eigenvalue weighted by Crippen LogP contribution is -2.37. The van der Waals surface area contributed by atoms with E-state index in [9.17, 15) is 0 Å². The third kappa shape index (κ3) is 2.98. The van der Waals surface area contributed by atoms with Crippen LogP contribution in [0.2, 0.25) is 0 Å². The van der Waals surface area contributed by atoms with Crippen molar-refractivity contribution in [3.8, 4) is 0 Å². The Morgan fingerprint density at radius 3 is 3.06 bits per heavy atom. The summed E-state index contributed by atoms with van der Waals surface area (Å²) >= 11 is 0. The SMILES string of the molecule is COCC1CCCN(c2ccc(C(=N)N)nc2)C1. The van der Waals surface area contributed by atoms with E-state index in [4.69, 9.17) is 15.9 Å². The summed E-state index contributed by atoms with van der Waals surface area (Å²) in [7, 11) is 1.75. The van der Waals surface area contributed by atoms with Crippen molar-refractivity contribution in [2.45, 2.75) is 12.8 Å². The summed E-state index contributed by atoms with van der Waals surface area (Å²) in [5.74, 6) is 0.605. The molecule has 98 valence electrons. The van der Waals surface area contributed by atoms with Gasteiger partial charge in [0, 0.05) is 20.2 Å². The maximum absolute atomic E-state index is 7.32. The number of methoxy groups -OCH3 is 1. The zero-order valence-corrected chi connectivity index (χ0v) is 10.7. The highest BCUT2D eigenvalue weighted by Gasteiger charge is 2.20. The lowest BCUT2D eigenvalue weighted by molar-refractivity contribution is 0.143. The molecular formula is C13H20N4O. The molecule has 1 aliphatic heterocycles. The quantitative estimate of drug-likeness (QED) is 0.620. The summed E-state index contributed by atoms with van der Waals surface area (Å²) in [6, 6.07) is 3.79. The summed E-state index contributed by atoms with van der Waals surface area (Å²) in [6.45, 7) is 2.88. The number of nitrogens with one attached hydrogen (secondary N) is 1. The van der Waals surface area contributed by atoms with Crippen LogP contribution in [0, 0.1) is 11.3 Å². The molecule has 0 bridgehead atoms. The number of nitrogen functional groups attached to an aromatic ring is 1. The third-order valence-corrected chi connectivity index (χ3v) is 3.31. The molecule has 1 atom stereocenters. The molecule has 5 nitrogen and oxygen atoms in total. The summed E-state index contributed by atoms with van der Waals surface area (Å²) in [6.07, 6.45) is 4.21. The van der Waals surface area contributed by atoms with E-state index in [0.717, 1.165) is 25.4 Å². The van der Waals surface area contributed by atoms with Crippen LogP contribution >= 0.6 is 0 Å². The van der Waals surface area contributed by atoms with Gasteiger partial charge in [0.15, 0.2) is 0 Å². The molecule has 2 rings (SSSR count). The molecule has 0 aromatic carbocycles. The molecule has 1 saturated heterocycles. The standard InChI is InChI=1S/C13H20N4O/c1-18-9-10-3-2-6-17(8-10)11-4-5-12(13(14)15)16-7-11/h4-5,7,10H,2-3,6,8-9H2,1H3,(H3,14,15). The van der Waals surface area contributed by atoms with Crippen LogP contribution in [-0.2, 0) is 4.74 Å². The normalized spacial score (nSPS) is 19.8. The molecule has 1 aliphatic rings. The first-order valence-corrected chi connectivity index (χ1v) is 6.25. The highest BCUT2D eigenvalue weighted by atomic mass is 16.5. The maximum Gasteiger partial charge on any atom is 0.141 e. The van der Waals surface area contributed by atoms with E-state index in [1.807, 2.05) is 6.07 Å². The number of piperidine rings is 1. The van der Waals surface area contributed by atoms with E-state index in [-0.39, 0.29) is 5.84 Å². The predicted octanol–water partition coefficient (Wildman–Crippen LogP) is 1.23. The van der Waals surface area contributed by atoms with E-state index in [0.29, 0.717) is 11.6 Å². The second-order valence-electron chi connectivity index (χ2n) is 4.72. The van der Waals surface area contributed by atoms with Gasteiger partial charge in [0.2, 0.25) is 0 Å². The molecule has 1 aromatic heterocycles. The number of pyridine rings is 1. The third-order valence-electron chi connectivity index (χ3n) is 3.31. The van der Waals surface area contributed by atoms with Crippen LogP contribution in [0.15, 0.2) is 18.3 Å². The Labute approximate surface area is 107 Å². The lowest BCUT2D eigenvalue weighted by Gasteiger charge is -2.33. The first-order chi connectivity index (χ1) is 8.70. The maximum atomic E-state index is 7.32. The molecule has 3 N–H and O–H groups in total.